The van der Waals surface area contributed by atoms with Crippen molar-refractivity contribution in [3.05, 3.63) is 108 Å². The van der Waals surface area contributed by atoms with Crippen molar-refractivity contribution in [1.29, 1.82) is 0 Å². The summed E-state index contributed by atoms with van der Waals surface area (Å²) in [6, 6.07) is 32.8. The van der Waals surface area contributed by atoms with Crippen molar-refractivity contribution in [1.82, 2.24) is 0 Å². The highest BCUT2D eigenvalue weighted by Gasteiger charge is 2.48. The molecule has 0 spiro atoms. The van der Waals surface area contributed by atoms with E-state index in [1.165, 1.54) is 116 Å². The van der Waals surface area contributed by atoms with Crippen LogP contribution in [0.15, 0.2) is 97.1 Å². The molecule has 0 aliphatic carbocycles. The molecule has 0 N–H and O–H groups in total. The molecule has 0 amide bonds. The van der Waals surface area contributed by atoms with Gasteiger partial charge in [0.2, 0.25) is 0 Å². The average molecular weight is 975 g/mol. The van der Waals surface area contributed by atoms with Crippen molar-refractivity contribution in [3.63, 3.8) is 0 Å². The van der Waals surface area contributed by atoms with Crippen molar-refractivity contribution in [2.45, 2.75) is 218 Å². The van der Waals surface area contributed by atoms with E-state index in [1.807, 2.05) is 48.5 Å². The topological polar surface area (TPSA) is 98.8 Å². The maximum absolute atomic E-state index is 12.8. The number of cyclic esters (lactones) is 4. The number of ether oxygens (including phenoxy) is 7. The molecule has 4 aromatic carbocycles. The normalized spacial score (nSPS) is 18.4. The van der Waals surface area contributed by atoms with Gasteiger partial charge in [0.05, 0.1) is 13.2 Å². The molecular formula is C62H86O9. The number of hydrogen-bond donors (Lipinski definition) is 0. The third-order valence-electron chi connectivity index (χ3n) is 14.1. The molecule has 2 heterocycles. The van der Waals surface area contributed by atoms with Crippen LogP contribution in [-0.2, 0) is 23.7 Å². The van der Waals surface area contributed by atoms with Crippen LogP contribution >= 0.6 is 0 Å². The molecule has 0 saturated carbocycles. The highest BCUT2D eigenvalue weighted by Crippen LogP contribution is 2.42. The molecule has 6 unspecified atom stereocenters. The molecule has 2 aliphatic rings. The summed E-state index contributed by atoms with van der Waals surface area (Å²) in [5, 5.41) is 0. The van der Waals surface area contributed by atoms with Gasteiger partial charge in [0.15, 0.2) is 12.2 Å². The number of unbranched alkanes of at least 4 members (excludes halogenated alkanes) is 18. The minimum absolute atomic E-state index is 0.524. The van der Waals surface area contributed by atoms with Crippen molar-refractivity contribution in [3.8, 4) is 33.8 Å². The second kappa shape index (κ2) is 31.4. The van der Waals surface area contributed by atoms with E-state index in [0.717, 1.165) is 83.8 Å². The van der Waals surface area contributed by atoms with Gasteiger partial charge in [-0.3, -0.25) is 0 Å². The largest absolute Gasteiger partial charge is 0.509 e. The van der Waals surface area contributed by atoms with Gasteiger partial charge in [-0.25, -0.2) is 9.59 Å². The van der Waals surface area contributed by atoms with Gasteiger partial charge in [-0.05, 0) is 83.3 Å². The molecule has 9 nitrogen and oxygen atoms in total. The molecule has 2 saturated heterocycles. The van der Waals surface area contributed by atoms with Gasteiger partial charge in [-0.2, -0.15) is 0 Å². The molecule has 388 valence electrons. The monoisotopic (exact) mass is 975 g/mol. The number of carbonyl (C=O) groups is 2. The summed E-state index contributed by atoms with van der Waals surface area (Å²) in [5.41, 5.74) is 5.79. The van der Waals surface area contributed by atoms with Gasteiger partial charge < -0.3 is 33.2 Å². The predicted molar refractivity (Wildman–Crippen MR) is 285 cm³/mol. The minimum Gasteiger partial charge on any atom is -0.494 e. The van der Waals surface area contributed by atoms with Crippen LogP contribution in [0.2, 0.25) is 0 Å². The van der Waals surface area contributed by atoms with Crippen molar-refractivity contribution in [2.24, 2.45) is 0 Å². The lowest BCUT2D eigenvalue weighted by Crippen LogP contribution is -2.37. The van der Waals surface area contributed by atoms with Gasteiger partial charge in [-0.15, -0.1) is 0 Å². The van der Waals surface area contributed by atoms with Gasteiger partial charge >= 0.3 is 12.3 Å². The smallest absolute Gasteiger partial charge is 0.494 e. The van der Waals surface area contributed by atoms with E-state index in [9.17, 15) is 9.59 Å². The summed E-state index contributed by atoms with van der Waals surface area (Å²) in [4.78, 5) is 25.7. The molecule has 2 aliphatic heterocycles. The van der Waals surface area contributed by atoms with Crippen molar-refractivity contribution in [2.75, 3.05) is 13.2 Å². The summed E-state index contributed by atoms with van der Waals surface area (Å²) in [7, 11) is 0. The van der Waals surface area contributed by atoms with Gasteiger partial charge in [0.1, 0.15) is 35.9 Å². The Bertz CT molecular complexity index is 1920. The Hall–Kier alpha value is -5.02. The van der Waals surface area contributed by atoms with Gasteiger partial charge in [0.25, 0.3) is 0 Å². The Labute approximate surface area is 427 Å². The number of rotatable bonds is 36. The summed E-state index contributed by atoms with van der Waals surface area (Å²) in [6.45, 7) is 10.1. The van der Waals surface area contributed by atoms with Crippen LogP contribution in [-0.4, -0.2) is 49.9 Å². The summed E-state index contributed by atoms with van der Waals surface area (Å²) in [6.07, 6.45) is 23.2. The first-order valence-corrected chi connectivity index (χ1v) is 28.0. The summed E-state index contributed by atoms with van der Waals surface area (Å²) in [5.74, 6) is 1.74. The van der Waals surface area contributed by atoms with E-state index in [1.54, 1.807) is 0 Å². The molecule has 0 radical (unpaired) electrons. The first-order chi connectivity index (χ1) is 34.9. The van der Waals surface area contributed by atoms with Gasteiger partial charge in [-0.1, -0.05) is 229 Å². The van der Waals surface area contributed by atoms with Crippen LogP contribution < -0.4 is 9.47 Å². The molecule has 2 fully saturated rings. The van der Waals surface area contributed by atoms with Crippen LogP contribution in [0.3, 0.4) is 0 Å². The van der Waals surface area contributed by atoms with Crippen LogP contribution in [0.25, 0.3) is 22.3 Å². The number of carbonyl (C=O) groups excluding carboxylic acids is 2. The average Bonchev–Trinajstić information content (AvgIpc) is 3.95. The summed E-state index contributed by atoms with van der Waals surface area (Å²) >= 11 is 0. The molecule has 6 rings (SSSR count). The maximum Gasteiger partial charge on any atom is 0.509 e. The lowest BCUT2D eigenvalue weighted by Gasteiger charge is -2.33. The SMILES string of the molecule is CCCCCCCCCCCCOc1ccc(-c2ccc(C(OC(c3ccc(-c4ccc(OCCCCCCCCCCCC)cc4)cc3)C3OC(=O)OC3CCC)C3OC(=O)OC3CCC)cc2)cc1. The van der Waals surface area contributed by atoms with E-state index >= 15 is 0 Å². The van der Waals surface area contributed by atoms with E-state index in [4.69, 9.17) is 33.2 Å². The Kier molecular flexibility index (Phi) is 24.5. The van der Waals surface area contributed by atoms with Crippen LogP contribution in [0.4, 0.5) is 9.59 Å². The molecule has 0 aromatic heterocycles. The van der Waals surface area contributed by atoms with Crippen LogP contribution in [0, 0.1) is 0 Å². The second-order valence-electron chi connectivity index (χ2n) is 19.9. The quantitative estimate of drug-likeness (QED) is 0.0326. The third kappa shape index (κ3) is 18.2. The minimum atomic E-state index is -0.757. The number of benzene rings is 4. The zero-order valence-electron chi connectivity index (χ0n) is 43.8. The maximum atomic E-state index is 12.8. The second-order valence-corrected chi connectivity index (χ2v) is 19.9. The Morgan fingerprint density at radius 2 is 0.662 bits per heavy atom. The zero-order chi connectivity index (χ0) is 49.9. The van der Waals surface area contributed by atoms with Crippen molar-refractivity contribution < 1.29 is 42.7 Å². The summed E-state index contributed by atoms with van der Waals surface area (Å²) < 4.78 is 42.8. The van der Waals surface area contributed by atoms with Crippen molar-refractivity contribution >= 4 is 12.3 Å². The van der Waals surface area contributed by atoms with Crippen LogP contribution in [0.1, 0.15) is 205 Å². The van der Waals surface area contributed by atoms with E-state index < -0.39 is 48.9 Å². The molecule has 9 heteroatoms. The lowest BCUT2D eigenvalue weighted by atomic mass is 9.93. The highest BCUT2D eigenvalue weighted by atomic mass is 16.8. The fraction of sp³-hybridized carbons (Fsp3) is 0.581. The van der Waals surface area contributed by atoms with Gasteiger partial charge in [0, 0.05) is 0 Å². The zero-order valence-corrected chi connectivity index (χ0v) is 43.8. The molecular weight excluding hydrogens is 889 g/mol. The predicted octanol–water partition coefficient (Wildman–Crippen LogP) is 17.8. The first kappa shape index (κ1) is 55.3. The fourth-order valence-electron chi connectivity index (χ4n) is 9.97. The van der Waals surface area contributed by atoms with E-state index in [0.29, 0.717) is 12.8 Å². The first-order valence-electron chi connectivity index (χ1n) is 28.0. The molecule has 71 heavy (non-hydrogen) atoms. The van der Waals surface area contributed by atoms with E-state index in [2.05, 4.69) is 76.2 Å². The van der Waals surface area contributed by atoms with Crippen LogP contribution in [0.5, 0.6) is 11.5 Å². The number of hydrogen-bond acceptors (Lipinski definition) is 9. The standard InChI is InChI=1S/C62H86O9/c1-5-9-11-13-15-17-19-21-23-25-45-65-53-41-37-49(38-42-53)47-29-33-51(34-30-47)57(59-55(27-7-3)67-61(63)70-59)69-58(60-56(28-8-4)68-62(64)71-60)52-35-31-48(32-36-52)50-39-43-54(44-40-50)66-46-26-24-22-20-18-16-14-12-10-6-2/h29-44,55-60H,5-28,45-46H2,1-4H3. The molecule has 6 atom stereocenters. The Morgan fingerprint density at radius 3 is 0.972 bits per heavy atom. The Morgan fingerprint density at radius 1 is 0.366 bits per heavy atom. The lowest BCUT2D eigenvalue weighted by molar-refractivity contribution is -0.123. The molecule has 0 bridgehead atoms. The highest BCUT2D eigenvalue weighted by molar-refractivity contribution is 5.66. The van der Waals surface area contributed by atoms with E-state index in [-0.39, 0.29) is 0 Å². The third-order valence-corrected chi connectivity index (χ3v) is 14.1. The fourth-order valence-corrected chi connectivity index (χ4v) is 9.97. The Balaban J connectivity index is 1.11. The molecule has 4 aromatic rings.